The fourth-order valence-corrected chi connectivity index (χ4v) is 2.84. The van der Waals surface area contributed by atoms with Gasteiger partial charge in [-0.3, -0.25) is 9.36 Å². The molecule has 2 aromatic rings. The Morgan fingerprint density at radius 1 is 1.24 bits per heavy atom. The van der Waals surface area contributed by atoms with E-state index in [9.17, 15) is 4.79 Å². The first-order valence-electron chi connectivity index (χ1n) is 7.24. The largest absolute Gasteiger partial charge is 0.332 e. The summed E-state index contributed by atoms with van der Waals surface area (Å²) >= 11 is 0. The molecule has 0 aliphatic carbocycles. The molecule has 1 aliphatic heterocycles. The van der Waals surface area contributed by atoms with Gasteiger partial charge in [-0.25, -0.2) is 4.98 Å². The van der Waals surface area contributed by atoms with Crippen LogP contribution in [-0.4, -0.2) is 58.0 Å². The van der Waals surface area contributed by atoms with Gasteiger partial charge in [-0.15, -0.1) is 0 Å². The first-order chi connectivity index (χ1) is 10.2. The number of hydrogen-bond acceptors (Lipinski definition) is 3. The second-order valence-corrected chi connectivity index (χ2v) is 5.59. The van der Waals surface area contributed by atoms with Gasteiger partial charge in [0.15, 0.2) is 0 Å². The summed E-state index contributed by atoms with van der Waals surface area (Å²) < 4.78 is 1.85. The van der Waals surface area contributed by atoms with E-state index < -0.39 is 0 Å². The summed E-state index contributed by atoms with van der Waals surface area (Å²) in [6, 6.07) is 10.1. The van der Waals surface area contributed by atoms with Gasteiger partial charge in [0.1, 0.15) is 5.69 Å². The topological polar surface area (TPSA) is 41.4 Å². The third kappa shape index (κ3) is 2.69. The van der Waals surface area contributed by atoms with Gasteiger partial charge in [0.25, 0.3) is 5.91 Å². The second-order valence-electron chi connectivity index (χ2n) is 5.59. The van der Waals surface area contributed by atoms with Crippen LogP contribution in [0.1, 0.15) is 17.4 Å². The average molecular weight is 284 g/mol. The Labute approximate surface area is 124 Å². The van der Waals surface area contributed by atoms with Crippen LogP contribution in [0.3, 0.4) is 0 Å². The van der Waals surface area contributed by atoms with Gasteiger partial charge in [0, 0.05) is 31.4 Å². The molecule has 1 fully saturated rings. The summed E-state index contributed by atoms with van der Waals surface area (Å²) in [5.41, 5.74) is 1.58. The molecule has 0 radical (unpaired) electrons. The molecule has 1 aromatic heterocycles. The quantitative estimate of drug-likeness (QED) is 0.842. The van der Waals surface area contributed by atoms with Gasteiger partial charge in [-0.2, -0.15) is 0 Å². The number of rotatable bonds is 2. The molecule has 1 aliphatic rings. The number of nitrogens with zero attached hydrogens (tertiary/aromatic N) is 4. The fraction of sp³-hybridized carbons (Fsp3) is 0.375. The molecule has 0 N–H and O–H groups in total. The summed E-state index contributed by atoms with van der Waals surface area (Å²) in [4.78, 5) is 21.2. The van der Waals surface area contributed by atoms with Crippen LogP contribution in [0, 0.1) is 0 Å². The van der Waals surface area contributed by atoms with Gasteiger partial charge < -0.3 is 9.80 Å². The first-order valence-corrected chi connectivity index (χ1v) is 7.24. The highest BCUT2D eigenvalue weighted by atomic mass is 16.2. The summed E-state index contributed by atoms with van der Waals surface area (Å²) in [6.07, 6.45) is 3.35. The zero-order chi connectivity index (χ0) is 14.8. The predicted molar refractivity (Wildman–Crippen MR) is 81.6 cm³/mol. The number of likely N-dealkylation sites (N-methyl/N-ethyl adjacent to an activating group) is 1. The van der Waals surface area contributed by atoms with Gasteiger partial charge >= 0.3 is 0 Å². The number of imidazole rings is 1. The Hall–Kier alpha value is -2.14. The molecule has 3 rings (SSSR count). The highest BCUT2D eigenvalue weighted by molar-refractivity contribution is 5.93. The van der Waals surface area contributed by atoms with E-state index in [2.05, 4.69) is 23.9 Å². The monoisotopic (exact) mass is 284 g/mol. The number of para-hydroxylation sites is 1. The number of carbonyl (C=O) groups is 1. The third-order valence-electron chi connectivity index (χ3n) is 3.98. The Morgan fingerprint density at radius 2 is 2.00 bits per heavy atom. The van der Waals surface area contributed by atoms with E-state index in [0.717, 1.165) is 25.3 Å². The van der Waals surface area contributed by atoms with Crippen molar-refractivity contribution in [2.24, 2.45) is 0 Å². The van der Waals surface area contributed by atoms with Gasteiger partial charge in [-0.05, 0) is 26.1 Å². The molecule has 0 spiro atoms. The molecule has 0 saturated carbocycles. The summed E-state index contributed by atoms with van der Waals surface area (Å²) in [5, 5.41) is 0. The van der Waals surface area contributed by atoms with E-state index in [1.54, 1.807) is 12.5 Å². The number of carbonyl (C=O) groups excluding carboxylic acids is 1. The van der Waals surface area contributed by atoms with Crippen LogP contribution in [-0.2, 0) is 0 Å². The predicted octanol–water partition coefficient (Wildman–Crippen LogP) is 1.65. The van der Waals surface area contributed by atoms with Crippen LogP contribution < -0.4 is 0 Å². The number of amides is 1. The fourth-order valence-electron chi connectivity index (χ4n) is 2.84. The van der Waals surface area contributed by atoms with Crippen LogP contribution >= 0.6 is 0 Å². The highest BCUT2D eigenvalue weighted by Gasteiger charge is 2.28. The van der Waals surface area contributed by atoms with Crippen molar-refractivity contribution in [1.82, 2.24) is 19.4 Å². The smallest absolute Gasteiger partial charge is 0.272 e. The first kappa shape index (κ1) is 13.8. The van der Waals surface area contributed by atoms with E-state index in [-0.39, 0.29) is 11.9 Å². The zero-order valence-electron chi connectivity index (χ0n) is 12.4. The molecule has 110 valence electrons. The van der Waals surface area contributed by atoms with E-state index in [0.29, 0.717) is 5.69 Å². The van der Waals surface area contributed by atoms with Crippen LogP contribution in [0.15, 0.2) is 42.9 Å². The molecule has 21 heavy (non-hydrogen) atoms. The standard InChI is InChI=1S/C16H20N4O/c1-13-11-18(2)8-9-19(13)16(21)15-10-17-12-20(15)14-6-4-3-5-7-14/h3-7,10,12-13H,8-9,11H2,1-2H3. The maximum atomic E-state index is 12.8. The molecule has 1 amide bonds. The summed E-state index contributed by atoms with van der Waals surface area (Å²) in [5.74, 6) is 0.0527. The summed E-state index contributed by atoms with van der Waals surface area (Å²) in [6.45, 7) is 4.67. The van der Waals surface area contributed by atoms with Crippen molar-refractivity contribution >= 4 is 5.91 Å². The number of hydrogen-bond donors (Lipinski definition) is 0. The van der Waals surface area contributed by atoms with E-state index in [4.69, 9.17) is 0 Å². The number of piperazine rings is 1. The highest BCUT2D eigenvalue weighted by Crippen LogP contribution is 2.16. The van der Waals surface area contributed by atoms with Crippen molar-refractivity contribution in [3.8, 4) is 5.69 Å². The lowest BCUT2D eigenvalue weighted by molar-refractivity contribution is 0.0525. The zero-order valence-corrected chi connectivity index (χ0v) is 12.4. The molecule has 5 heteroatoms. The number of aromatic nitrogens is 2. The molecular weight excluding hydrogens is 264 g/mol. The van der Waals surface area contributed by atoms with Gasteiger partial charge in [-0.1, -0.05) is 18.2 Å². The molecule has 2 heterocycles. The lowest BCUT2D eigenvalue weighted by Gasteiger charge is -2.38. The molecule has 1 aromatic carbocycles. The summed E-state index contributed by atoms with van der Waals surface area (Å²) in [7, 11) is 2.09. The van der Waals surface area contributed by atoms with Crippen LogP contribution in [0.5, 0.6) is 0 Å². The molecule has 1 unspecified atom stereocenters. The van der Waals surface area contributed by atoms with Crippen molar-refractivity contribution in [3.63, 3.8) is 0 Å². The van der Waals surface area contributed by atoms with E-state index in [1.165, 1.54) is 0 Å². The lowest BCUT2D eigenvalue weighted by Crippen LogP contribution is -2.53. The van der Waals surface area contributed by atoms with Crippen LogP contribution in [0.4, 0.5) is 0 Å². The minimum atomic E-state index is 0.0527. The Bertz CT molecular complexity index is 622. The van der Waals surface area contributed by atoms with E-state index >= 15 is 0 Å². The van der Waals surface area contributed by atoms with Crippen molar-refractivity contribution in [1.29, 1.82) is 0 Å². The van der Waals surface area contributed by atoms with Gasteiger partial charge in [0.2, 0.25) is 0 Å². The van der Waals surface area contributed by atoms with Crippen LogP contribution in [0.25, 0.3) is 5.69 Å². The average Bonchev–Trinajstić information content (AvgIpc) is 2.97. The van der Waals surface area contributed by atoms with Crippen molar-refractivity contribution in [2.75, 3.05) is 26.7 Å². The van der Waals surface area contributed by atoms with E-state index in [1.807, 2.05) is 39.8 Å². The lowest BCUT2D eigenvalue weighted by atomic mass is 10.2. The Balaban J connectivity index is 1.88. The van der Waals surface area contributed by atoms with Gasteiger partial charge in [0.05, 0.1) is 12.5 Å². The third-order valence-corrected chi connectivity index (χ3v) is 3.98. The molecular formula is C16H20N4O. The van der Waals surface area contributed by atoms with Crippen molar-refractivity contribution in [2.45, 2.75) is 13.0 Å². The molecule has 5 nitrogen and oxygen atoms in total. The van der Waals surface area contributed by atoms with Crippen molar-refractivity contribution < 1.29 is 4.79 Å². The minimum Gasteiger partial charge on any atom is -0.332 e. The SMILES string of the molecule is CC1CN(C)CCN1C(=O)c1cncn1-c1ccccc1. The molecule has 0 bridgehead atoms. The second kappa shape index (κ2) is 5.69. The maximum absolute atomic E-state index is 12.8. The normalized spacial score (nSPS) is 19.7. The molecule has 1 saturated heterocycles. The van der Waals surface area contributed by atoms with Crippen molar-refractivity contribution in [3.05, 3.63) is 48.5 Å². The maximum Gasteiger partial charge on any atom is 0.272 e. The number of benzene rings is 1. The minimum absolute atomic E-state index is 0.0527. The Kier molecular flexibility index (Phi) is 3.75. The Morgan fingerprint density at radius 3 is 2.71 bits per heavy atom. The molecule has 1 atom stereocenters. The van der Waals surface area contributed by atoms with Crippen LogP contribution in [0.2, 0.25) is 0 Å².